The predicted molar refractivity (Wildman–Crippen MR) is 144 cm³/mol. The Bertz CT molecular complexity index is 1320. The smallest absolute Gasteiger partial charge is 0.310 e. The predicted octanol–water partition coefficient (Wildman–Crippen LogP) is 3.13. The maximum atomic E-state index is 14.7. The Labute approximate surface area is 245 Å². The zero-order valence-electron chi connectivity index (χ0n) is 25.1. The van der Waals surface area contributed by atoms with Crippen molar-refractivity contribution >= 4 is 17.7 Å². The molecule has 7 rings (SSSR count). The highest BCUT2D eigenvalue weighted by atomic mass is 16.7. The molecule has 1 aromatic rings. The molecule has 13 atom stereocenters. The number of esters is 2. The Balaban J connectivity index is 1.36. The number of ketones is 1. The highest BCUT2D eigenvalue weighted by Crippen LogP contribution is 2.82. The summed E-state index contributed by atoms with van der Waals surface area (Å²) in [4.78, 5) is 39.8. The van der Waals surface area contributed by atoms with Crippen molar-refractivity contribution in [3.63, 3.8) is 0 Å². The number of aliphatic hydroxyl groups is 2. The third-order valence-corrected chi connectivity index (χ3v) is 12.8. The first-order valence-corrected chi connectivity index (χ1v) is 15.3. The quantitative estimate of drug-likeness (QED) is 0.399. The fraction of sp³-hybridized carbons (Fsp3) is 0.781. The molecule has 42 heavy (non-hydrogen) atoms. The van der Waals surface area contributed by atoms with E-state index in [1.165, 1.54) is 6.92 Å². The van der Waals surface area contributed by atoms with E-state index in [0.717, 1.165) is 5.56 Å². The van der Waals surface area contributed by atoms with Gasteiger partial charge in [0.2, 0.25) is 6.29 Å². The Morgan fingerprint density at radius 3 is 2.45 bits per heavy atom. The van der Waals surface area contributed by atoms with Gasteiger partial charge in [0.05, 0.1) is 48.8 Å². The van der Waals surface area contributed by atoms with Gasteiger partial charge >= 0.3 is 11.9 Å². The molecule has 0 unspecified atom stereocenters. The van der Waals surface area contributed by atoms with Gasteiger partial charge in [-0.15, -0.1) is 0 Å². The maximum Gasteiger partial charge on any atom is 0.310 e. The zero-order chi connectivity index (χ0) is 30.2. The van der Waals surface area contributed by atoms with Gasteiger partial charge in [0.1, 0.15) is 17.5 Å². The summed E-state index contributed by atoms with van der Waals surface area (Å²) in [7, 11) is 0. The normalized spacial score (nSPS) is 52.1. The van der Waals surface area contributed by atoms with Gasteiger partial charge in [0.25, 0.3) is 0 Å². The number of ether oxygens (including phenoxy) is 4. The van der Waals surface area contributed by atoms with Crippen molar-refractivity contribution in [1.29, 1.82) is 0 Å². The third kappa shape index (κ3) is 3.07. The topological polar surface area (TPSA) is 145 Å². The summed E-state index contributed by atoms with van der Waals surface area (Å²) in [5.74, 6) is -2.75. The number of aliphatic hydroxyl groups excluding tert-OH is 2. The molecule has 10 heteroatoms. The number of carbonyl (C=O) groups is 3. The molecular weight excluding hydrogens is 544 g/mol. The Morgan fingerprint density at radius 1 is 1.07 bits per heavy atom. The lowest BCUT2D eigenvalue weighted by atomic mass is 9.33. The monoisotopic (exact) mass is 586 g/mol. The van der Waals surface area contributed by atoms with E-state index in [4.69, 9.17) is 23.4 Å². The minimum Gasteiger partial charge on any atom is -0.472 e. The third-order valence-electron chi connectivity index (χ3n) is 12.8. The van der Waals surface area contributed by atoms with Gasteiger partial charge in [-0.05, 0) is 43.2 Å². The van der Waals surface area contributed by atoms with Crippen LogP contribution in [-0.2, 0) is 33.3 Å². The molecular formula is C32H42O10. The standard InChI is InChI=1S/C32H42O10/c1-15(2)26(37)41-27-29(5)20-10-21(35)30(6)25(31(20,14-39-27)22(36)11-23(29)40-16(3)33)19(34)12-28(4)18(17-7-8-38-13-17)9-24-32(28,30)42-24/h7-8,13,15,18,20-25,27,35-36H,9-12,14H2,1-6H3/t18-,20-,21-,22-,23+,24+,25+,27-,28+,29+,30+,31+,32+/m0/s1. The molecule has 10 nitrogen and oxygen atoms in total. The number of hydrogen-bond donors (Lipinski definition) is 2. The minimum absolute atomic E-state index is 0.0245. The number of carbonyl (C=O) groups excluding carboxylic acids is 3. The van der Waals surface area contributed by atoms with Crippen LogP contribution < -0.4 is 0 Å². The van der Waals surface area contributed by atoms with Crippen molar-refractivity contribution in [2.75, 3.05) is 6.61 Å². The van der Waals surface area contributed by atoms with Crippen LogP contribution in [0.15, 0.2) is 23.0 Å². The second kappa shape index (κ2) is 8.67. The van der Waals surface area contributed by atoms with Gasteiger partial charge in [-0.1, -0.05) is 27.7 Å². The van der Waals surface area contributed by atoms with E-state index in [9.17, 15) is 24.6 Å². The van der Waals surface area contributed by atoms with Crippen molar-refractivity contribution in [2.45, 2.75) is 109 Å². The van der Waals surface area contributed by atoms with Crippen molar-refractivity contribution in [3.8, 4) is 0 Å². The molecule has 0 amide bonds. The van der Waals surface area contributed by atoms with Crippen LogP contribution in [0.3, 0.4) is 0 Å². The molecule has 2 bridgehead atoms. The van der Waals surface area contributed by atoms with Crippen LogP contribution in [0.2, 0.25) is 0 Å². The molecule has 0 radical (unpaired) electrons. The van der Waals surface area contributed by atoms with Crippen LogP contribution in [0.25, 0.3) is 0 Å². The lowest BCUT2D eigenvalue weighted by Gasteiger charge is -2.72. The number of epoxide rings is 1. The fourth-order valence-electron chi connectivity index (χ4n) is 11.1. The molecule has 230 valence electrons. The minimum atomic E-state index is -1.12. The molecule has 6 aliphatic rings. The molecule has 2 aliphatic heterocycles. The second-order valence-corrected chi connectivity index (χ2v) is 14.8. The Kier molecular flexibility index (Phi) is 5.88. The van der Waals surface area contributed by atoms with Crippen LogP contribution in [0.4, 0.5) is 0 Å². The molecule has 1 spiro atoms. The molecule has 4 aliphatic carbocycles. The summed E-state index contributed by atoms with van der Waals surface area (Å²) in [5.41, 5.74) is -3.57. The van der Waals surface area contributed by atoms with Crippen molar-refractivity contribution in [3.05, 3.63) is 24.2 Å². The lowest BCUT2D eigenvalue weighted by molar-refractivity contribution is -0.372. The largest absolute Gasteiger partial charge is 0.472 e. The van der Waals surface area contributed by atoms with E-state index in [1.54, 1.807) is 26.4 Å². The first kappa shape index (κ1) is 28.5. The van der Waals surface area contributed by atoms with Gasteiger partial charge in [0.15, 0.2) is 0 Å². The average Bonchev–Trinajstić information content (AvgIpc) is 3.27. The number of fused-ring (bicyclic) bond motifs is 1. The van der Waals surface area contributed by atoms with E-state index in [2.05, 4.69) is 6.92 Å². The summed E-state index contributed by atoms with van der Waals surface area (Å²) in [6.07, 6.45) is 0.474. The summed E-state index contributed by atoms with van der Waals surface area (Å²) in [6.45, 7) is 10.6. The number of hydrogen-bond acceptors (Lipinski definition) is 10. The lowest BCUT2D eigenvalue weighted by Crippen LogP contribution is -2.80. The molecule has 4 saturated carbocycles. The van der Waals surface area contributed by atoms with Crippen LogP contribution in [0, 0.1) is 39.4 Å². The first-order chi connectivity index (χ1) is 19.7. The summed E-state index contributed by atoms with van der Waals surface area (Å²) in [6, 6.07) is 1.94. The summed E-state index contributed by atoms with van der Waals surface area (Å²) < 4.78 is 30.1. The maximum absolute atomic E-state index is 14.7. The zero-order valence-corrected chi connectivity index (χ0v) is 25.1. The van der Waals surface area contributed by atoms with Gasteiger partial charge in [-0.3, -0.25) is 14.4 Å². The molecule has 2 N–H and O–H groups in total. The van der Waals surface area contributed by atoms with Crippen LogP contribution in [0.5, 0.6) is 0 Å². The van der Waals surface area contributed by atoms with E-state index < -0.39 is 81.6 Å². The van der Waals surface area contributed by atoms with Crippen LogP contribution >= 0.6 is 0 Å². The van der Waals surface area contributed by atoms with Gasteiger partial charge in [0, 0.05) is 41.9 Å². The van der Waals surface area contributed by atoms with Gasteiger partial charge < -0.3 is 33.6 Å². The molecule has 2 saturated heterocycles. The van der Waals surface area contributed by atoms with E-state index in [0.29, 0.717) is 6.42 Å². The fourth-order valence-corrected chi connectivity index (χ4v) is 11.1. The SMILES string of the molecule is CC(=O)O[C@@H]1C[C@H](O)[C@@]23CO[C@@H](OC(=O)C(C)C)[C@]1(C)[C@@H]2C[C@H](O)[C@]1(C)[C@H]3C(=O)C[C@]2(C)[C@H](c3ccoc3)C[C@H]3O[C@@]312. The molecule has 0 aromatic carbocycles. The second-order valence-electron chi connectivity index (χ2n) is 14.8. The average molecular weight is 587 g/mol. The molecule has 3 heterocycles. The Morgan fingerprint density at radius 2 is 1.81 bits per heavy atom. The highest BCUT2D eigenvalue weighted by molar-refractivity contribution is 5.87. The number of Topliss-reactive ketones (excluding diaryl/α,β-unsaturated/α-hetero) is 1. The van der Waals surface area contributed by atoms with E-state index in [-0.39, 0.29) is 43.7 Å². The number of furan rings is 1. The highest BCUT2D eigenvalue weighted by Gasteiger charge is 2.90. The van der Waals surface area contributed by atoms with E-state index in [1.807, 2.05) is 19.9 Å². The van der Waals surface area contributed by atoms with E-state index >= 15 is 0 Å². The van der Waals surface area contributed by atoms with Crippen molar-refractivity contribution < 1.29 is 48.0 Å². The Hall–Kier alpha value is -2.27. The molecule has 1 aromatic heterocycles. The van der Waals surface area contributed by atoms with Crippen molar-refractivity contribution in [1.82, 2.24) is 0 Å². The van der Waals surface area contributed by atoms with Crippen LogP contribution in [-0.4, -0.2) is 70.8 Å². The molecule has 6 fully saturated rings. The number of rotatable bonds is 4. The van der Waals surface area contributed by atoms with Crippen molar-refractivity contribution in [2.24, 2.45) is 39.4 Å². The first-order valence-electron chi connectivity index (χ1n) is 15.3. The summed E-state index contributed by atoms with van der Waals surface area (Å²) >= 11 is 0. The van der Waals surface area contributed by atoms with Gasteiger partial charge in [-0.25, -0.2) is 0 Å². The van der Waals surface area contributed by atoms with Gasteiger partial charge in [-0.2, -0.15) is 0 Å². The summed E-state index contributed by atoms with van der Waals surface area (Å²) in [5, 5.41) is 24.3. The van der Waals surface area contributed by atoms with Crippen LogP contribution in [0.1, 0.15) is 78.7 Å².